The Labute approximate surface area is 107 Å². The first-order chi connectivity index (χ1) is 8.62. The van der Waals surface area contributed by atoms with Gasteiger partial charge < -0.3 is 4.74 Å². The summed E-state index contributed by atoms with van der Waals surface area (Å²) in [5.74, 6) is -0.287. The minimum Gasteiger partial charge on any atom is -0.483 e. The molecule has 0 aliphatic carbocycles. The highest BCUT2D eigenvalue weighted by Crippen LogP contribution is 2.39. The van der Waals surface area contributed by atoms with E-state index in [0.29, 0.717) is 12.0 Å². The van der Waals surface area contributed by atoms with E-state index in [1.807, 2.05) is 0 Å². The Morgan fingerprint density at radius 3 is 2.56 bits per heavy atom. The summed E-state index contributed by atoms with van der Waals surface area (Å²) in [6.07, 6.45) is 3.81. The molecule has 0 unspecified atom stereocenters. The maximum atomic E-state index is 13.8. The molecule has 18 heavy (non-hydrogen) atoms. The van der Waals surface area contributed by atoms with Gasteiger partial charge in [0.25, 0.3) is 0 Å². The van der Waals surface area contributed by atoms with Crippen LogP contribution in [-0.2, 0) is 0 Å². The highest BCUT2D eigenvalue weighted by molar-refractivity contribution is 6.00. The Morgan fingerprint density at radius 1 is 1.28 bits per heavy atom. The molecule has 0 fully saturated rings. The van der Waals surface area contributed by atoms with Crippen molar-refractivity contribution < 1.29 is 13.9 Å². The number of Topliss-reactive ketones (excluding diaryl/α,β-unsaturated/α-hetero) is 1. The number of ether oxygens (including phenoxy) is 1. The lowest BCUT2D eigenvalue weighted by Crippen LogP contribution is -2.42. The second kappa shape index (κ2) is 5.09. The van der Waals surface area contributed by atoms with Crippen LogP contribution in [0.5, 0.6) is 5.75 Å². The summed E-state index contributed by atoms with van der Waals surface area (Å²) in [7, 11) is 0. The SMILES string of the molecule is CCCC1(CCC)CC(=O)c2cccc(F)c2O1. The molecule has 3 heteroatoms. The van der Waals surface area contributed by atoms with Crippen LogP contribution in [0.1, 0.15) is 56.3 Å². The minimum atomic E-state index is -0.504. The molecule has 1 aromatic carbocycles. The zero-order valence-electron chi connectivity index (χ0n) is 11.0. The van der Waals surface area contributed by atoms with Gasteiger partial charge in [-0.15, -0.1) is 0 Å². The van der Waals surface area contributed by atoms with E-state index in [4.69, 9.17) is 4.74 Å². The predicted molar refractivity (Wildman–Crippen MR) is 68.5 cm³/mol. The monoisotopic (exact) mass is 250 g/mol. The molecule has 0 spiro atoms. The van der Waals surface area contributed by atoms with Crippen LogP contribution in [0.4, 0.5) is 4.39 Å². The third-order valence-electron chi connectivity index (χ3n) is 3.48. The van der Waals surface area contributed by atoms with Gasteiger partial charge in [-0.2, -0.15) is 0 Å². The van der Waals surface area contributed by atoms with Gasteiger partial charge in [0.1, 0.15) is 5.60 Å². The van der Waals surface area contributed by atoms with Crippen molar-refractivity contribution >= 4 is 5.78 Å². The average Bonchev–Trinajstić information content (AvgIpc) is 2.31. The van der Waals surface area contributed by atoms with Gasteiger partial charge in [0.15, 0.2) is 17.3 Å². The number of rotatable bonds is 4. The lowest BCUT2D eigenvalue weighted by atomic mass is 9.83. The predicted octanol–water partition coefficient (Wildman–Crippen LogP) is 4.13. The number of benzene rings is 1. The quantitative estimate of drug-likeness (QED) is 0.803. The van der Waals surface area contributed by atoms with Crippen molar-refractivity contribution in [3.63, 3.8) is 0 Å². The van der Waals surface area contributed by atoms with Crippen molar-refractivity contribution in [2.75, 3.05) is 0 Å². The fraction of sp³-hybridized carbons (Fsp3) is 0.533. The summed E-state index contributed by atoms with van der Waals surface area (Å²) in [4.78, 5) is 12.2. The number of hydrogen-bond donors (Lipinski definition) is 0. The van der Waals surface area contributed by atoms with Gasteiger partial charge in [-0.3, -0.25) is 4.79 Å². The molecule has 1 aromatic rings. The summed E-state index contributed by atoms with van der Waals surface area (Å²) < 4.78 is 19.7. The first-order valence-electron chi connectivity index (χ1n) is 6.62. The Bertz CT molecular complexity index is 448. The lowest BCUT2D eigenvalue weighted by molar-refractivity contribution is 0.0238. The topological polar surface area (TPSA) is 26.3 Å². The standard InChI is InChI=1S/C15H19FO2/c1-3-8-15(9-4-2)10-13(17)11-6-5-7-12(16)14(11)18-15/h5-7H,3-4,8-10H2,1-2H3. The van der Waals surface area contributed by atoms with Gasteiger partial charge >= 0.3 is 0 Å². The zero-order valence-corrected chi connectivity index (χ0v) is 11.0. The third kappa shape index (κ3) is 2.26. The zero-order chi connectivity index (χ0) is 13.2. The van der Waals surface area contributed by atoms with Crippen molar-refractivity contribution in [2.45, 2.75) is 51.6 Å². The molecule has 0 radical (unpaired) electrons. The van der Waals surface area contributed by atoms with Crippen molar-refractivity contribution in [3.8, 4) is 5.75 Å². The number of para-hydroxylation sites is 1. The fourth-order valence-corrected chi connectivity index (χ4v) is 2.79. The smallest absolute Gasteiger partial charge is 0.170 e. The molecule has 2 rings (SSSR count). The van der Waals surface area contributed by atoms with E-state index in [2.05, 4.69) is 13.8 Å². The van der Waals surface area contributed by atoms with Gasteiger partial charge in [-0.25, -0.2) is 4.39 Å². The summed E-state index contributed by atoms with van der Waals surface area (Å²) in [6.45, 7) is 4.12. The van der Waals surface area contributed by atoms with Crippen molar-refractivity contribution in [1.82, 2.24) is 0 Å². The number of fused-ring (bicyclic) bond motifs is 1. The second-order valence-corrected chi connectivity index (χ2v) is 5.00. The van der Waals surface area contributed by atoms with Crippen LogP contribution in [-0.4, -0.2) is 11.4 Å². The second-order valence-electron chi connectivity index (χ2n) is 5.00. The fourth-order valence-electron chi connectivity index (χ4n) is 2.79. The van der Waals surface area contributed by atoms with Crippen LogP contribution < -0.4 is 4.74 Å². The lowest BCUT2D eigenvalue weighted by Gasteiger charge is -2.38. The molecule has 1 aliphatic heterocycles. The van der Waals surface area contributed by atoms with E-state index in [0.717, 1.165) is 25.7 Å². The van der Waals surface area contributed by atoms with E-state index in [-0.39, 0.29) is 11.5 Å². The molecule has 0 aromatic heterocycles. The van der Waals surface area contributed by atoms with Crippen molar-refractivity contribution in [1.29, 1.82) is 0 Å². The summed E-state index contributed by atoms with van der Waals surface area (Å²) in [5.41, 5.74) is -0.117. The van der Waals surface area contributed by atoms with Crippen LogP contribution in [0.15, 0.2) is 18.2 Å². The molecular formula is C15H19FO2. The van der Waals surface area contributed by atoms with E-state index in [1.54, 1.807) is 12.1 Å². The highest BCUT2D eigenvalue weighted by Gasteiger charge is 2.40. The normalized spacial score (nSPS) is 17.2. The Morgan fingerprint density at radius 2 is 1.94 bits per heavy atom. The van der Waals surface area contributed by atoms with Gasteiger partial charge in [0.05, 0.1) is 12.0 Å². The van der Waals surface area contributed by atoms with Gasteiger partial charge in [0.2, 0.25) is 0 Å². The van der Waals surface area contributed by atoms with E-state index in [9.17, 15) is 9.18 Å². The van der Waals surface area contributed by atoms with Crippen LogP contribution in [0.25, 0.3) is 0 Å². The minimum absolute atomic E-state index is 0.00218. The summed E-state index contributed by atoms with van der Waals surface area (Å²) in [5, 5.41) is 0. The van der Waals surface area contributed by atoms with Crippen LogP contribution >= 0.6 is 0 Å². The molecule has 98 valence electrons. The number of ketones is 1. The van der Waals surface area contributed by atoms with Crippen LogP contribution in [0, 0.1) is 5.82 Å². The number of hydrogen-bond acceptors (Lipinski definition) is 2. The van der Waals surface area contributed by atoms with Crippen molar-refractivity contribution in [3.05, 3.63) is 29.6 Å². The first-order valence-corrected chi connectivity index (χ1v) is 6.62. The van der Waals surface area contributed by atoms with Crippen LogP contribution in [0.3, 0.4) is 0 Å². The number of carbonyl (C=O) groups excluding carboxylic acids is 1. The Kier molecular flexibility index (Phi) is 3.69. The molecular weight excluding hydrogens is 231 g/mol. The largest absolute Gasteiger partial charge is 0.483 e. The first kappa shape index (κ1) is 13.1. The Hall–Kier alpha value is -1.38. The number of carbonyl (C=O) groups is 1. The molecule has 0 bridgehead atoms. The summed E-state index contributed by atoms with van der Waals surface area (Å²) in [6, 6.07) is 4.55. The van der Waals surface area contributed by atoms with Gasteiger partial charge in [-0.1, -0.05) is 32.8 Å². The molecule has 0 N–H and O–H groups in total. The maximum absolute atomic E-state index is 13.8. The summed E-state index contributed by atoms with van der Waals surface area (Å²) >= 11 is 0. The number of halogens is 1. The molecule has 0 saturated heterocycles. The molecule has 0 saturated carbocycles. The van der Waals surface area contributed by atoms with Crippen LogP contribution in [0.2, 0.25) is 0 Å². The molecule has 0 amide bonds. The Balaban J connectivity index is 2.40. The van der Waals surface area contributed by atoms with E-state index >= 15 is 0 Å². The van der Waals surface area contributed by atoms with E-state index in [1.165, 1.54) is 6.07 Å². The van der Waals surface area contributed by atoms with E-state index < -0.39 is 11.4 Å². The molecule has 2 nitrogen and oxygen atoms in total. The molecule has 0 atom stereocenters. The third-order valence-corrected chi connectivity index (χ3v) is 3.48. The highest BCUT2D eigenvalue weighted by atomic mass is 19.1. The molecule has 1 heterocycles. The molecule has 1 aliphatic rings. The average molecular weight is 250 g/mol. The maximum Gasteiger partial charge on any atom is 0.170 e. The van der Waals surface area contributed by atoms with Crippen molar-refractivity contribution in [2.24, 2.45) is 0 Å². The van der Waals surface area contributed by atoms with Gasteiger partial charge in [0, 0.05) is 0 Å². The van der Waals surface area contributed by atoms with Gasteiger partial charge in [-0.05, 0) is 25.0 Å².